The number of urea groups is 1. The van der Waals surface area contributed by atoms with Crippen molar-refractivity contribution < 1.29 is 14.3 Å². The summed E-state index contributed by atoms with van der Waals surface area (Å²) >= 11 is 0. The first kappa shape index (κ1) is 24.5. The number of aryl methyl sites for hydroxylation is 1. The van der Waals surface area contributed by atoms with Crippen molar-refractivity contribution in [1.82, 2.24) is 5.32 Å². The molecule has 182 valence electrons. The molecule has 0 aliphatic carbocycles. The van der Waals surface area contributed by atoms with Crippen LogP contribution in [0, 0.1) is 6.92 Å². The van der Waals surface area contributed by atoms with E-state index in [0.29, 0.717) is 24.3 Å². The van der Waals surface area contributed by atoms with Crippen molar-refractivity contribution in [1.29, 1.82) is 0 Å². The Balaban J connectivity index is 1.38. The molecule has 1 atom stereocenters. The maximum Gasteiger partial charge on any atom is 0.319 e. The van der Waals surface area contributed by atoms with Crippen LogP contribution in [0.1, 0.15) is 34.0 Å². The third-order valence-corrected chi connectivity index (χ3v) is 5.60. The lowest BCUT2D eigenvalue weighted by Crippen LogP contribution is -2.30. The predicted molar refractivity (Wildman–Crippen MR) is 143 cm³/mol. The van der Waals surface area contributed by atoms with Crippen LogP contribution in [0.2, 0.25) is 0 Å². The number of carbonyl (C=O) groups is 2. The molecule has 36 heavy (non-hydrogen) atoms. The number of ether oxygens (including phenoxy) is 1. The molecule has 4 rings (SSSR count). The fraction of sp³-hybridized carbons (Fsp3) is 0.133. The molecule has 0 aromatic heterocycles. The van der Waals surface area contributed by atoms with Crippen LogP contribution in [-0.2, 0) is 0 Å². The highest BCUT2D eigenvalue weighted by Crippen LogP contribution is 2.25. The molecule has 0 aliphatic rings. The van der Waals surface area contributed by atoms with Crippen LogP contribution in [-0.4, -0.2) is 18.5 Å². The second-order valence-corrected chi connectivity index (χ2v) is 8.40. The second-order valence-electron chi connectivity index (χ2n) is 8.40. The lowest BCUT2D eigenvalue weighted by atomic mass is 10.0. The Labute approximate surface area is 211 Å². The van der Waals surface area contributed by atoms with Crippen molar-refractivity contribution in [2.24, 2.45) is 0 Å². The number of benzene rings is 4. The van der Waals surface area contributed by atoms with E-state index in [2.05, 4.69) is 16.0 Å². The van der Waals surface area contributed by atoms with Crippen LogP contribution >= 0.6 is 0 Å². The molecule has 0 bridgehead atoms. The summed E-state index contributed by atoms with van der Waals surface area (Å²) in [6.07, 6.45) is 0.299. The van der Waals surface area contributed by atoms with Crippen LogP contribution in [0.3, 0.4) is 0 Å². The van der Waals surface area contributed by atoms with Crippen molar-refractivity contribution in [3.05, 3.63) is 126 Å². The number of hydrogen-bond acceptors (Lipinski definition) is 3. The first-order valence-corrected chi connectivity index (χ1v) is 11.9. The standard InChI is InChI=1S/C30H29N3O3/c1-22-12-14-23(15-13-22)28(20-21-31-30(35)33-26-10-6-3-7-11-26)36-27-18-16-24(17-19-27)29(34)32-25-8-4-2-5-9-25/h2-19,28H,20-21H2,1H3,(H,32,34)(H2,31,33,35). The molecule has 3 amide bonds. The highest BCUT2D eigenvalue weighted by Gasteiger charge is 2.15. The Hall–Kier alpha value is -4.58. The Morgan fingerprint density at radius 2 is 1.31 bits per heavy atom. The van der Waals surface area contributed by atoms with E-state index in [1.807, 2.05) is 91.9 Å². The first-order chi connectivity index (χ1) is 17.6. The number of hydrogen-bond donors (Lipinski definition) is 3. The topological polar surface area (TPSA) is 79.5 Å². The van der Waals surface area contributed by atoms with Crippen molar-refractivity contribution in [3.8, 4) is 5.75 Å². The van der Waals surface area contributed by atoms with E-state index in [9.17, 15) is 9.59 Å². The van der Waals surface area contributed by atoms with Gasteiger partial charge in [-0.3, -0.25) is 4.79 Å². The molecule has 0 radical (unpaired) electrons. The van der Waals surface area contributed by atoms with E-state index in [0.717, 1.165) is 22.5 Å². The minimum Gasteiger partial charge on any atom is -0.486 e. The van der Waals surface area contributed by atoms with Gasteiger partial charge in [-0.15, -0.1) is 0 Å². The Morgan fingerprint density at radius 3 is 1.92 bits per heavy atom. The molecule has 0 aliphatic heterocycles. The third kappa shape index (κ3) is 7.21. The summed E-state index contributed by atoms with van der Waals surface area (Å²) in [5, 5.41) is 8.59. The van der Waals surface area contributed by atoms with Gasteiger partial charge in [0.1, 0.15) is 11.9 Å². The molecule has 6 heteroatoms. The zero-order valence-corrected chi connectivity index (χ0v) is 20.1. The normalized spacial score (nSPS) is 11.2. The van der Waals surface area contributed by atoms with Gasteiger partial charge in [0, 0.05) is 29.9 Å². The van der Waals surface area contributed by atoms with Gasteiger partial charge < -0.3 is 20.7 Å². The van der Waals surface area contributed by atoms with E-state index < -0.39 is 0 Å². The summed E-state index contributed by atoms with van der Waals surface area (Å²) in [5.74, 6) is 0.460. The van der Waals surface area contributed by atoms with Crippen molar-refractivity contribution in [3.63, 3.8) is 0 Å². The van der Waals surface area contributed by atoms with Crippen LogP contribution in [0.15, 0.2) is 109 Å². The monoisotopic (exact) mass is 479 g/mol. The smallest absolute Gasteiger partial charge is 0.319 e. The second kappa shape index (κ2) is 12.2. The van der Waals surface area contributed by atoms with Crippen LogP contribution < -0.4 is 20.7 Å². The molecule has 1 unspecified atom stereocenters. The maximum absolute atomic E-state index is 12.5. The zero-order chi connectivity index (χ0) is 25.2. The predicted octanol–water partition coefficient (Wildman–Crippen LogP) is 6.58. The van der Waals surface area contributed by atoms with Gasteiger partial charge in [-0.25, -0.2) is 4.79 Å². The third-order valence-electron chi connectivity index (χ3n) is 5.60. The SMILES string of the molecule is Cc1ccc(C(CCNC(=O)Nc2ccccc2)Oc2ccc(C(=O)Nc3ccccc3)cc2)cc1. The lowest BCUT2D eigenvalue weighted by molar-refractivity contribution is 0.102. The number of anilines is 2. The van der Waals surface area contributed by atoms with Crippen LogP contribution in [0.4, 0.5) is 16.2 Å². The van der Waals surface area contributed by atoms with Gasteiger partial charge in [-0.05, 0) is 61.0 Å². The van der Waals surface area contributed by atoms with Crippen LogP contribution in [0.25, 0.3) is 0 Å². The molecule has 0 heterocycles. The summed E-state index contributed by atoms with van der Waals surface area (Å²) < 4.78 is 6.29. The fourth-order valence-electron chi connectivity index (χ4n) is 3.66. The minimum absolute atomic E-state index is 0.184. The summed E-state index contributed by atoms with van der Waals surface area (Å²) in [5.41, 5.74) is 4.18. The molecule has 0 fully saturated rings. The van der Waals surface area contributed by atoms with Gasteiger partial charge in [0.25, 0.3) is 5.91 Å². The van der Waals surface area contributed by atoms with Gasteiger partial charge in [0.05, 0.1) is 0 Å². The highest BCUT2D eigenvalue weighted by atomic mass is 16.5. The summed E-state index contributed by atoms with van der Waals surface area (Å²) in [6, 6.07) is 33.6. The molecule has 6 nitrogen and oxygen atoms in total. The van der Waals surface area contributed by atoms with E-state index in [4.69, 9.17) is 4.74 Å². The zero-order valence-electron chi connectivity index (χ0n) is 20.1. The van der Waals surface area contributed by atoms with Crippen LogP contribution in [0.5, 0.6) is 5.75 Å². The van der Waals surface area contributed by atoms with E-state index in [-0.39, 0.29) is 18.0 Å². The van der Waals surface area contributed by atoms with Gasteiger partial charge >= 0.3 is 6.03 Å². The average Bonchev–Trinajstić information content (AvgIpc) is 2.90. The Kier molecular flexibility index (Phi) is 8.33. The molecule has 3 N–H and O–H groups in total. The number of amides is 3. The molecular formula is C30H29N3O3. The molecule has 4 aromatic carbocycles. The highest BCUT2D eigenvalue weighted by molar-refractivity contribution is 6.04. The number of nitrogens with one attached hydrogen (secondary N) is 3. The number of rotatable bonds is 9. The van der Waals surface area contributed by atoms with Crippen molar-refractivity contribution in [2.75, 3.05) is 17.2 Å². The van der Waals surface area contributed by atoms with Gasteiger partial charge in [-0.2, -0.15) is 0 Å². The quantitative estimate of drug-likeness (QED) is 0.254. The number of para-hydroxylation sites is 2. The average molecular weight is 480 g/mol. The molecule has 0 saturated heterocycles. The van der Waals surface area contributed by atoms with E-state index in [1.165, 1.54) is 0 Å². The largest absolute Gasteiger partial charge is 0.486 e. The lowest BCUT2D eigenvalue weighted by Gasteiger charge is -2.20. The first-order valence-electron chi connectivity index (χ1n) is 11.9. The Bertz CT molecular complexity index is 1260. The summed E-state index contributed by atoms with van der Waals surface area (Å²) in [7, 11) is 0. The molecule has 0 spiro atoms. The van der Waals surface area contributed by atoms with Crippen molar-refractivity contribution >= 4 is 23.3 Å². The molecule has 4 aromatic rings. The van der Waals surface area contributed by atoms with Gasteiger partial charge in [0.2, 0.25) is 0 Å². The molecule has 0 saturated carbocycles. The summed E-state index contributed by atoms with van der Waals surface area (Å²) in [4.78, 5) is 24.8. The van der Waals surface area contributed by atoms with Gasteiger partial charge in [-0.1, -0.05) is 66.2 Å². The van der Waals surface area contributed by atoms with Crippen molar-refractivity contribution in [2.45, 2.75) is 19.4 Å². The number of carbonyl (C=O) groups excluding carboxylic acids is 2. The summed E-state index contributed by atoms with van der Waals surface area (Å²) in [6.45, 7) is 2.46. The molecular weight excluding hydrogens is 450 g/mol. The minimum atomic E-state index is -0.272. The van der Waals surface area contributed by atoms with E-state index >= 15 is 0 Å². The Morgan fingerprint density at radius 1 is 0.722 bits per heavy atom. The van der Waals surface area contributed by atoms with Gasteiger partial charge in [0.15, 0.2) is 0 Å². The fourth-order valence-corrected chi connectivity index (χ4v) is 3.66. The van der Waals surface area contributed by atoms with E-state index in [1.54, 1.807) is 24.3 Å². The maximum atomic E-state index is 12.5.